The molecule has 1 aliphatic heterocycles. The van der Waals surface area contributed by atoms with Crippen LogP contribution in [0.3, 0.4) is 0 Å². The third-order valence-corrected chi connectivity index (χ3v) is 5.34. The number of nitrogens with two attached hydrogens (primary N) is 1. The summed E-state index contributed by atoms with van der Waals surface area (Å²) in [5.41, 5.74) is 8.21. The second-order valence-corrected chi connectivity index (χ2v) is 7.25. The summed E-state index contributed by atoms with van der Waals surface area (Å²) in [5, 5.41) is 3.35. The molecule has 1 unspecified atom stereocenters. The van der Waals surface area contributed by atoms with Crippen molar-refractivity contribution in [2.75, 3.05) is 44.6 Å². The Balaban J connectivity index is 1.40. The first-order valence-corrected chi connectivity index (χ1v) is 9.76. The first-order valence-electron chi connectivity index (χ1n) is 9.76. The fraction of sp³-hybridized carbons (Fsp3) is 0.409. The zero-order valence-corrected chi connectivity index (χ0v) is 16.1. The van der Waals surface area contributed by atoms with Crippen molar-refractivity contribution in [3.05, 3.63) is 65.7 Å². The molecule has 0 radical (unpaired) electrons. The molecule has 144 valence electrons. The van der Waals surface area contributed by atoms with Gasteiger partial charge in [0, 0.05) is 51.0 Å². The third-order valence-electron chi connectivity index (χ3n) is 5.34. The van der Waals surface area contributed by atoms with Gasteiger partial charge in [0.1, 0.15) is 0 Å². The minimum absolute atomic E-state index is 0.390. The van der Waals surface area contributed by atoms with E-state index in [4.69, 9.17) is 5.73 Å². The highest BCUT2D eigenvalue weighted by Gasteiger charge is 2.21. The molecular formula is C22H30N4O. The number of amides is 1. The van der Waals surface area contributed by atoms with Gasteiger partial charge >= 0.3 is 0 Å². The summed E-state index contributed by atoms with van der Waals surface area (Å²) >= 11 is 0. The maximum absolute atomic E-state index is 11.5. The molecule has 1 atom stereocenters. The van der Waals surface area contributed by atoms with Crippen LogP contribution in [0.15, 0.2) is 54.6 Å². The molecule has 0 spiro atoms. The van der Waals surface area contributed by atoms with Crippen LogP contribution in [-0.4, -0.2) is 61.0 Å². The Hall–Kier alpha value is -2.37. The third kappa shape index (κ3) is 5.55. The molecule has 1 heterocycles. The molecule has 0 saturated carbocycles. The number of carbonyl (C=O) groups excluding carboxylic acids is 1. The van der Waals surface area contributed by atoms with E-state index < -0.39 is 0 Å². The Bertz CT molecular complexity index is 726. The number of hydrogen-bond donors (Lipinski definition) is 2. The predicted octanol–water partition coefficient (Wildman–Crippen LogP) is 2.45. The zero-order chi connectivity index (χ0) is 19.1. The van der Waals surface area contributed by atoms with E-state index in [1.165, 1.54) is 5.56 Å². The molecule has 1 aliphatic rings. The molecule has 27 heavy (non-hydrogen) atoms. The number of hydrogen-bond acceptors (Lipinski definition) is 4. The molecule has 3 N–H and O–H groups in total. The average Bonchev–Trinajstić information content (AvgIpc) is 2.69. The number of rotatable bonds is 8. The monoisotopic (exact) mass is 366 g/mol. The van der Waals surface area contributed by atoms with Crippen molar-refractivity contribution in [2.45, 2.75) is 19.4 Å². The molecule has 0 aromatic heterocycles. The summed E-state index contributed by atoms with van der Waals surface area (Å²) in [5.74, 6) is -0.390. The van der Waals surface area contributed by atoms with Gasteiger partial charge in [-0.3, -0.25) is 14.6 Å². The summed E-state index contributed by atoms with van der Waals surface area (Å²) in [6.45, 7) is 8.47. The number of primary amides is 1. The van der Waals surface area contributed by atoms with Crippen LogP contribution in [-0.2, 0) is 6.42 Å². The van der Waals surface area contributed by atoms with Gasteiger partial charge in [-0.2, -0.15) is 0 Å². The van der Waals surface area contributed by atoms with Gasteiger partial charge in [0.15, 0.2) is 0 Å². The Morgan fingerprint density at radius 1 is 1.04 bits per heavy atom. The number of anilines is 1. The summed E-state index contributed by atoms with van der Waals surface area (Å²) < 4.78 is 0. The van der Waals surface area contributed by atoms with Crippen molar-refractivity contribution < 1.29 is 4.79 Å². The van der Waals surface area contributed by atoms with Crippen molar-refractivity contribution in [2.24, 2.45) is 5.73 Å². The number of nitrogens with zero attached hydrogens (tertiary/aromatic N) is 2. The van der Waals surface area contributed by atoms with Gasteiger partial charge in [-0.05, 0) is 31.0 Å². The van der Waals surface area contributed by atoms with E-state index in [0.717, 1.165) is 51.4 Å². The molecule has 2 aromatic rings. The van der Waals surface area contributed by atoms with Crippen molar-refractivity contribution in [3.63, 3.8) is 0 Å². The van der Waals surface area contributed by atoms with Crippen molar-refractivity contribution in [1.29, 1.82) is 0 Å². The van der Waals surface area contributed by atoms with Crippen LogP contribution in [0.2, 0.25) is 0 Å². The molecule has 0 bridgehead atoms. The summed E-state index contributed by atoms with van der Waals surface area (Å²) in [4.78, 5) is 16.5. The molecule has 1 amide bonds. The normalized spacial score (nSPS) is 16.8. The van der Waals surface area contributed by atoms with Crippen LogP contribution in [0.5, 0.6) is 0 Å². The van der Waals surface area contributed by atoms with Gasteiger partial charge in [-0.25, -0.2) is 0 Å². The largest absolute Gasteiger partial charge is 0.383 e. The highest BCUT2D eigenvalue weighted by Crippen LogP contribution is 2.14. The second kappa shape index (κ2) is 9.53. The molecule has 1 saturated heterocycles. The van der Waals surface area contributed by atoms with Crippen LogP contribution < -0.4 is 11.1 Å². The van der Waals surface area contributed by atoms with Gasteiger partial charge in [0.2, 0.25) is 0 Å². The number of piperazine rings is 1. The van der Waals surface area contributed by atoms with Crippen LogP contribution in [0.25, 0.3) is 0 Å². The summed E-state index contributed by atoms with van der Waals surface area (Å²) in [6, 6.07) is 18.7. The Morgan fingerprint density at radius 3 is 2.41 bits per heavy atom. The van der Waals surface area contributed by atoms with E-state index in [-0.39, 0.29) is 5.91 Å². The standard InChI is InChI=1S/C22H30N4O/c1-18(17-19-7-3-2-4-8-19)26-15-13-25(14-16-26)12-11-24-21-10-6-5-9-20(21)22(23)27/h2-10,18,24H,11-17H2,1H3,(H2,23,27). The maximum Gasteiger partial charge on any atom is 0.250 e. The zero-order valence-electron chi connectivity index (χ0n) is 16.1. The van der Waals surface area contributed by atoms with E-state index in [9.17, 15) is 4.79 Å². The minimum Gasteiger partial charge on any atom is -0.383 e. The lowest BCUT2D eigenvalue weighted by atomic mass is 10.1. The van der Waals surface area contributed by atoms with Crippen LogP contribution in [0.4, 0.5) is 5.69 Å². The fourth-order valence-electron chi connectivity index (χ4n) is 3.71. The van der Waals surface area contributed by atoms with Crippen molar-refractivity contribution >= 4 is 11.6 Å². The van der Waals surface area contributed by atoms with E-state index in [2.05, 4.69) is 52.4 Å². The molecule has 1 fully saturated rings. The maximum atomic E-state index is 11.5. The quantitative estimate of drug-likeness (QED) is 0.753. The van der Waals surface area contributed by atoms with E-state index >= 15 is 0 Å². The first-order chi connectivity index (χ1) is 13.1. The number of nitrogens with one attached hydrogen (secondary N) is 1. The van der Waals surface area contributed by atoms with Crippen molar-refractivity contribution in [3.8, 4) is 0 Å². The van der Waals surface area contributed by atoms with E-state index in [0.29, 0.717) is 11.6 Å². The minimum atomic E-state index is -0.390. The molecule has 5 heteroatoms. The molecular weight excluding hydrogens is 336 g/mol. The summed E-state index contributed by atoms with van der Waals surface area (Å²) in [6.07, 6.45) is 1.10. The van der Waals surface area contributed by atoms with Crippen LogP contribution >= 0.6 is 0 Å². The SMILES string of the molecule is CC(Cc1ccccc1)N1CCN(CCNc2ccccc2C(N)=O)CC1. The first kappa shape index (κ1) is 19.4. The van der Waals surface area contributed by atoms with E-state index in [1.54, 1.807) is 6.07 Å². The summed E-state index contributed by atoms with van der Waals surface area (Å²) in [7, 11) is 0. The lowest BCUT2D eigenvalue weighted by Crippen LogP contribution is -2.50. The number of benzene rings is 2. The average molecular weight is 367 g/mol. The van der Waals surface area contributed by atoms with Crippen LogP contribution in [0, 0.1) is 0 Å². The van der Waals surface area contributed by atoms with Crippen LogP contribution in [0.1, 0.15) is 22.8 Å². The number of para-hydroxylation sites is 1. The predicted molar refractivity (Wildman–Crippen MR) is 111 cm³/mol. The molecule has 5 nitrogen and oxygen atoms in total. The van der Waals surface area contributed by atoms with Gasteiger partial charge in [0.25, 0.3) is 5.91 Å². The molecule has 3 rings (SSSR count). The molecule has 2 aromatic carbocycles. The second-order valence-electron chi connectivity index (χ2n) is 7.25. The molecule has 0 aliphatic carbocycles. The smallest absolute Gasteiger partial charge is 0.250 e. The van der Waals surface area contributed by atoms with Gasteiger partial charge in [-0.15, -0.1) is 0 Å². The van der Waals surface area contributed by atoms with Gasteiger partial charge < -0.3 is 11.1 Å². The van der Waals surface area contributed by atoms with E-state index in [1.807, 2.05) is 18.2 Å². The number of carbonyl (C=O) groups is 1. The topological polar surface area (TPSA) is 61.6 Å². The lowest BCUT2D eigenvalue weighted by Gasteiger charge is -2.38. The Morgan fingerprint density at radius 2 is 1.70 bits per heavy atom. The highest BCUT2D eigenvalue weighted by atomic mass is 16.1. The van der Waals surface area contributed by atoms with Gasteiger partial charge in [0.05, 0.1) is 5.56 Å². The van der Waals surface area contributed by atoms with Crippen molar-refractivity contribution in [1.82, 2.24) is 9.80 Å². The lowest BCUT2D eigenvalue weighted by molar-refractivity contribution is 0.100. The Labute approximate surface area is 162 Å². The Kier molecular flexibility index (Phi) is 6.85. The van der Waals surface area contributed by atoms with Gasteiger partial charge in [-0.1, -0.05) is 42.5 Å². The fourth-order valence-corrected chi connectivity index (χ4v) is 3.71. The highest BCUT2D eigenvalue weighted by molar-refractivity contribution is 5.98.